The van der Waals surface area contributed by atoms with Crippen molar-refractivity contribution in [2.24, 2.45) is 0 Å². The van der Waals surface area contributed by atoms with Crippen LogP contribution in [0, 0.1) is 5.82 Å². The molecule has 0 fully saturated rings. The topological polar surface area (TPSA) is 47.6 Å². The van der Waals surface area contributed by atoms with E-state index in [2.05, 4.69) is 32.6 Å². The Balaban J connectivity index is 2.94. The van der Waals surface area contributed by atoms with Gasteiger partial charge in [-0.1, -0.05) is 6.58 Å². The van der Waals surface area contributed by atoms with Gasteiger partial charge in [0.2, 0.25) is 0 Å². The van der Waals surface area contributed by atoms with E-state index >= 15 is 0 Å². The quantitative estimate of drug-likeness (QED) is 0.863. The van der Waals surface area contributed by atoms with E-state index in [4.69, 9.17) is 4.74 Å². The zero-order chi connectivity index (χ0) is 12.8. The van der Waals surface area contributed by atoms with Crippen LogP contribution in [0.5, 0.6) is 5.75 Å². The molecule has 0 aliphatic heterocycles. The molecule has 92 valence electrons. The van der Waals surface area contributed by atoms with Crippen LogP contribution in [0.25, 0.3) is 0 Å². The van der Waals surface area contributed by atoms with E-state index in [1.165, 1.54) is 18.4 Å². The standard InChI is InChI=1S/C11H11BrFNO3/c1-3-16-10-6-9(8(13)5-7(10)12)14-11(15)17-4-2/h3,5-6H,1,4H2,2H3,(H,14,15). The molecular weight excluding hydrogens is 293 g/mol. The second-order valence-electron chi connectivity index (χ2n) is 2.89. The number of amides is 1. The van der Waals surface area contributed by atoms with Crippen molar-refractivity contribution < 1.29 is 18.7 Å². The van der Waals surface area contributed by atoms with Crippen LogP contribution in [0.15, 0.2) is 29.4 Å². The van der Waals surface area contributed by atoms with Crippen LogP contribution < -0.4 is 10.1 Å². The van der Waals surface area contributed by atoms with E-state index < -0.39 is 11.9 Å². The number of anilines is 1. The summed E-state index contributed by atoms with van der Waals surface area (Å²) in [5.74, 6) is -0.255. The first-order chi connectivity index (χ1) is 8.08. The highest BCUT2D eigenvalue weighted by Gasteiger charge is 2.12. The van der Waals surface area contributed by atoms with Crippen molar-refractivity contribution in [3.63, 3.8) is 0 Å². The smallest absolute Gasteiger partial charge is 0.411 e. The molecule has 0 aromatic heterocycles. The fourth-order valence-electron chi connectivity index (χ4n) is 1.08. The molecule has 0 heterocycles. The Bertz CT molecular complexity index is 437. The van der Waals surface area contributed by atoms with Crippen LogP contribution in [0.4, 0.5) is 14.9 Å². The number of hydrogen-bond donors (Lipinski definition) is 1. The van der Waals surface area contributed by atoms with Gasteiger partial charge in [-0.3, -0.25) is 5.32 Å². The van der Waals surface area contributed by atoms with Gasteiger partial charge in [-0.25, -0.2) is 9.18 Å². The lowest BCUT2D eigenvalue weighted by molar-refractivity contribution is 0.168. The van der Waals surface area contributed by atoms with E-state index in [0.29, 0.717) is 10.2 Å². The second-order valence-corrected chi connectivity index (χ2v) is 3.75. The number of carbonyl (C=O) groups is 1. The van der Waals surface area contributed by atoms with Gasteiger partial charge in [-0.05, 0) is 28.9 Å². The molecule has 6 heteroatoms. The molecule has 1 amide bonds. The first-order valence-corrected chi connectivity index (χ1v) is 5.58. The molecule has 1 rings (SSSR count). The molecular formula is C11H11BrFNO3. The highest BCUT2D eigenvalue weighted by atomic mass is 79.9. The minimum Gasteiger partial charge on any atom is -0.464 e. The summed E-state index contributed by atoms with van der Waals surface area (Å²) in [5, 5.41) is 2.27. The Labute approximate surface area is 107 Å². The summed E-state index contributed by atoms with van der Waals surface area (Å²) in [4.78, 5) is 11.1. The third-order valence-corrected chi connectivity index (χ3v) is 2.36. The molecule has 0 aliphatic carbocycles. The second kappa shape index (κ2) is 6.24. The average Bonchev–Trinajstić information content (AvgIpc) is 2.25. The van der Waals surface area contributed by atoms with Crippen LogP contribution in [-0.2, 0) is 4.74 Å². The van der Waals surface area contributed by atoms with Gasteiger partial charge in [0.1, 0.15) is 11.6 Å². The van der Waals surface area contributed by atoms with Gasteiger partial charge in [0, 0.05) is 6.07 Å². The Hall–Kier alpha value is -1.56. The van der Waals surface area contributed by atoms with Crippen molar-refractivity contribution >= 4 is 27.7 Å². The summed E-state index contributed by atoms with van der Waals surface area (Å²) in [6.45, 7) is 5.26. The van der Waals surface area contributed by atoms with Gasteiger partial charge in [0.25, 0.3) is 0 Å². The lowest BCUT2D eigenvalue weighted by Gasteiger charge is -2.09. The van der Waals surface area contributed by atoms with Crippen LogP contribution in [0.3, 0.4) is 0 Å². The predicted molar refractivity (Wildman–Crippen MR) is 65.6 cm³/mol. The number of ether oxygens (including phenoxy) is 2. The SMILES string of the molecule is C=COc1cc(NC(=O)OCC)c(F)cc1Br. The van der Waals surface area contributed by atoms with Gasteiger partial charge in [-0.15, -0.1) is 0 Å². The van der Waals surface area contributed by atoms with Crippen molar-refractivity contribution in [1.82, 2.24) is 0 Å². The maximum Gasteiger partial charge on any atom is 0.411 e. The molecule has 0 unspecified atom stereocenters. The van der Waals surface area contributed by atoms with Gasteiger partial charge < -0.3 is 9.47 Å². The van der Waals surface area contributed by atoms with Crippen LogP contribution in [0.2, 0.25) is 0 Å². The van der Waals surface area contributed by atoms with Crippen LogP contribution in [-0.4, -0.2) is 12.7 Å². The third-order valence-electron chi connectivity index (χ3n) is 1.74. The van der Waals surface area contributed by atoms with E-state index in [9.17, 15) is 9.18 Å². The predicted octanol–water partition coefficient (Wildman–Crippen LogP) is 3.68. The zero-order valence-corrected chi connectivity index (χ0v) is 10.7. The average molecular weight is 304 g/mol. The van der Waals surface area contributed by atoms with Gasteiger partial charge in [0.05, 0.1) is 23.0 Å². The molecule has 0 radical (unpaired) electrons. The number of halogens is 2. The summed E-state index contributed by atoms with van der Waals surface area (Å²) in [6, 6.07) is 2.51. The summed E-state index contributed by atoms with van der Waals surface area (Å²) in [6.07, 6.45) is 0.477. The van der Waals surface area contributed by atoms with Crippen molar-refractivity contribution in [3.05, 3.63) is 35.3 Å². The highest BCUT2D eigenvalue weighted by molar-refractivity contribution is 9.10. The number of benzene rings is 1. The van der Waals surface area contributed by atoms with Crippen molar-refractivity contribution in [2.75, 3.05) is 11.9 Å². The molecule has 0 atom stereocenters. The van der Waals surface area contributed by atoms with Gasteiger partial charge in [0.15, 0.2) is 0 Å². The fourth-order valence-corrected chi connectivity index (χ4v) is 1.49. The monoisotopic (exact) mass is 303 g/mol. The molecule has 0 bridgehead atoms. The van der Waals surface area contributed by atoms with Gasteiger partial charge in [-0.2, -0.15) is 0 Å². The first kappa shape index (κ1) is 13.5. The molecule has 4 nitrogen and oxygen atoms in total. The van der Waals surface area contributed by atoms with E-state index in [0.717, 1.165) is 0 Å². The number of carbonyl (C=O) groups excluding carboxylic acids is 1. The normalized spacial score (nSPS) is 9.59. The molecule has 0 spiro atoms. The minimum atomic E-state index is -0.724. The van der Waals surface area contributed by atoms with Gasteiger partial charge >= 0.3 is 6.09 Å². The molecule has 0 aliphatic rings. The van der Waals surface area contributed by atoms with Crippen molar-refractivity contribution in [3.8, 4) is 5.75 Å². The number of rotatable bonds is 4. The van der Waals surface area contributed by atoms with Crippen LogP contribution >= 0.6 is 15.9 Å². The zero-order valence-electron chi connectivity index (χ0n) is 9.13. The van der Waals surface area contributed by atoms with Crippen molar-refractivity contribution in [1.29, 1.82) is 0 Å². The Morgan fingerprint density at radius 3 is 2.94 bits per heavy atom. The summed E-state index contributed by atoms with van der Waals surface area (Å²) in [7, 11) is 0. The summed E-state index contributed by atoms with van der Waals surface area (Å²) in [5.41, 5.74) is -0.0245. The van der Waals surface area contributed by atoms with E-state index in [1.807, 2.05) is 0 Å². The Morgan fingerprint density at radius 2 is 2.35 bits per heavy atom. The largest absolute Gasteiger partial charge is 0.464 e. The molecule has 1 aromatic carbocycles. The Morgan fingerprint density at radius 1 is 1.65 bits per heavy atom. The van der Waals surface area contributed by atoms with E-state index in [1.54, 1.807) is 6.92 Å². The Kier molecular flexibility index (Phi) is 4.96. The highest BCUT2D eigenvalue weighted by Crippen LogP contribution is 2.31. The number of hydrogen-bond acceptors (Lipinski definition) is 3. The first-order valence-electron chi connectivity index (χ1n) is 4.78. The fraction of sp³-hybridized carbons (Fsp3) is 0.182. The lowest BCUT2D eigenvalue weighted by atomic mass is 10.3. The van der Waals surface area contributed by atoms with Crippen molar-refractivity contribution in [2.45, 2.75) is 6.92 Å². The molecule has 1 aromatic rings. The maximum atomic E-state index is 13.5. The molecule has 0 saturated carbocycles. The van der Waals surface area contributed by atoms with E-state index in [-0.39, 0.29) is 12.3 Å². The summed E-state index contributed by atoms with van der Waals surface area (Å²) >= 11 is 3.12. The maximum absolute atomic E-state index is 13.5. The number of nitrogens with one attached hydrogen (secondary N) is 1. The molecule has 1 N–H and O–H groups in total. The van der Waals surface area contributed by atoms with Crippen LogP contribution in [0.1, 0.15) is 6.92 Å². The molecule has 0 saturated heterocycles. The lowest BCUT2D eigenvalue weighted by Crippen LogP contribution is -2.14. The minimum absolute atomic E-state index is 0.0245. The molecule has 17 heavy (non-hydrogen) atoms. The summed E-state index contributed by atoms with van der Waals surface area (Å²) < 4.78 is 23.6. The third kappa shape index (κ3) is 3.74.